The van der Waals surface area contributed by atoms with Gasteiger partial charge in [-0.1, -0.05) is 12.1 Å². The maximum absolute atomic E-state index is 12.3. The second-order valence-corrected chi connectivity index (χ2v) is 7.49. The summed E-state index contributed by atoms with van der Waals surface area (Å²) in [7, 11) is 0. The number of nitrogens with zero attached hydrogens (tertiary/aromatic N) is 2. The van der Waals surface area contributed by atoms with Crippen molar-refractivity contribution in [1.82, 2.24) is 15.1 Å². The lowest BCUT2D eigenvalue weighted by molar-refractivity contribution is -0.121. The van der Waals surface area contributed by atoms with Crippen molar-refractivity contribution in [3.05, 3.63) is 77.1 Å². The number of ketones is 1. The standard InChI is InChI=1S/C25H29N3O3/c1-4-31-23-11-7-21(8-12-23)24(29)13-14-25(30)26-16-15-20-5-9-22(10-6-20)28-19(3)17-18(2)27-28/h5-12,17H,4,13-16H2,1-3H3,(H,26,30). The van der Waals surface area contributed by atoms with Crippen LogP contribution in [0.25, 0.3) is 5.69 Å². The Morgan fingerprint density at radius 2 is 1.71 bits per heavy atom. The minimum absolute atomic E-state index is 0.0436. The van der Waals surface area contributed by atoms with E-state index in [-0.39, 0.29) is 24.5 Å². The second kappa shape index (κ2) is 10.6. The number of Topliss-reactive ketones (excluding diaryl/α,β-unsaturated/α-hetero) is 1. The van der Waals surface area contributed by atoms with Gasteiger partial charge in [-0.05, 0) is 75.2 Å². The molecule has 0 aliphatic heterocycles. The predicted molar refractivity (Wildman–Crippen MR) is 121 cm³/mol. The highest BCUT2D eigenvalue weighted by Gasteiger charge is 2.10. The highest BCUT2D eigenvalue weighted by Crippen LogP contribution is 2.15. The van der Waals surface area contributed by atoms with Crippen molar-refractivity contribution < 1.29 is 14.3 Å². The molecule has 0 radical (unpaired) electrons. The van der Waals surface area contributed by atoms with Crippen LogP contribution in [0.5, 0.6) is 5.75 Å². The van der Waals surface area contributed by atoms with Gasteiger partial charge in [0.05, 0.1) is 18.0 Å². The molecule has 1 N–H and O–H groups in total. The van der Waals surface area contributed by atoms with Gasteiger partial charge in [-0.2, -0.15) is 5.10 Å². The van der Waals surface area contributed by atoms with E-state index in [1.165, 1.54) is 0 Å². The van der Waals surface area contributed by atoms with Crippen LogP contribution in [-0.4, -0.2) is 34.6 Å². The number of aryl methyl sites for hydroxylation is 2. The molecule has 31 heavy (non-hydrogen) atoms. The van der Waals surface area contributed by atoms with Crippen molar-refractivity contribution in [2.75, 3.05) is 13.2 Å². The predicted octanol–water partition coefficient (Wildman–Crippen LogP) is 4.21. The first-order valence-corrected chi connectivity index (χ1v) is 10.6. The van der Waals surface area contributed by atoms with E-state index in [0.29, 0.717) is 18.7 Å². The van der Waals surface area contributed by atoms with E-state index in [1.54, 1.807) is 24.3 Å². The first-order valence-electron chi connectivity index (χ1n) is 10.6. The summed E-state index contributed by atoms with van der Waals surface area (Å²) in [5.74, 6) is 0.580. The van der Waals surface area contributed by atoms with Gasteiger partial charge in [0.2, 0.25) is 5.91 Å². The van der Waals surface area contributed by atoms with Crippen molar-refractivity contribution in [3.8, 4) is 11.4 Å². The van der Waals surface area contributed by atoms with Crippen LogP contribution in [0.3, 0.4) is 0 Å². The summed E-state index contributed by atoms with van der Waals surface area (Å²) in [5.41, 5.74) is 4.84. The number of carbonyl (C=O) groups is 2. The van der Waals surface area contributed by atoms with E-state index >= 15 is 0 Å². The monoisotopic (exact) mass is 419 g/mol. The Labute approximate surface area is 183 Å². The van der Waals surface area contributed by atoms with Crippen LogP contribution >= 0.6 is 0 Å². The molecule has 0 aliphatic rings. The molecule has 3 rings (SSSR count). The molecule has 3 aromatic rings. The Kier molecular flexibility index (Phi) is 7.60. The Balaban J connectivity index is 1.40. The molecule has 6 nitrogen and oxygen atoms in total. The van der Waals surface area contributed by atoms with Crippen LogP contribution in [0.15, 0.2) is 54.6 Å². The van der Waals surface area contributed by atoms with Gasteiger partial charge in [0.1, 0.15) is 5.75 Å². The number of rotatable bonds is 10. The number of amides is 1. The van der Waals surface area contributed by atoms with E-state index in [4.69, 9.17) is 4.74 Å². The smallest absolute Gasteiger partial charge is 0.220 e. The first kappa shape index (κ1) is 22.3. The molecular weight excluding hydrogens is 390 g/mol. The summed E-state index contributed by atoms with van der Waals surface area (Å²) in [6.07, 6.45) is 1.11. The lowest BCUT2D eigenvalue weighted by Gasteiger charge is -2.08. The van der Waals surface area contributed by atoms with Crippen LogP contribution in [0.2, 0.25) is 0 Å². The lowest BCUT2D eigenvalue weighted by Crippen LogP contribution is -2.26. The first-order chi connectivity index (χ1) is 15.0. The Morgan fingerprint density at radius 1 is 1.00 bits per heavy atom. The minimum Gasteiger partial charge on any atom is -0.494 e. The van der Waals surface area contributed by atoms with E-state index in [1.807, 2.05) is 55.8 Å². The van der Waals surface area contributed by atoms with E-state index < -0.39 is 0 Å². The van der Waals surface area contributed by atoms with Crippen LogP contribution < -0.4 is 10.1 Å². The molecule has 0 saturated carbocycles. The third-order valence-electron chi connectivity index (χ3n) is 4.99. The molecule has 1 amide bonds. The van der Waals surface area contributed by atoms with Gasteiger partial charge in [-0.15, -0.1) is 0 Å². The average molecular weight is 420 g/mol. The Morgan fingerprint density at radius 3 is 2.32 bits per heavy atom. The van der Waals surface area contributed by atoms with E-state index in [2.05, 4.69) is 10.4 Å². The molecule has 0 spiro atoms. The maximum Gasteiger partial charge on any atom is 0.220 e. The van der Waals surface area contributed by atoms with Gasteiger partial charge < -0.3 is 10.1 Å². The molecule has 0 unspecified atom stereocenters. The zero-order valence-electron chi connectivity index (χ0n) is 18.4. The molecule has 162 valence electrons. The largest absolute Gasteiger partial charge is 0.494 e. The molecule has 6 heteroatoms. The number of hydrogen-bond donors (Lipinski definition) is 1. The lowest BCUT2D eigenvalue weighted by atomic mass is 10.1. The number of hydrogen-bond acceptors (Lipinski definition) is 4. The van der Waals surface area contributed by atoms with Gasteiger partial charge in [-0.3, -0.25) is 9.59 Å². The van der Waals surface area contributed by atoms with Gasteiger partial charge >= 0.3 is 0 Å². The zero-order chi connectivity index (χ0) is 22.2. The van der Waals surface area contributed by atoms with Gasteiger partial charge in [0.25, 0.3) is 0 Å². The van der Waals surface area contributed by atoms with Crippen molar-refractivity contribution in [1.29, 1.82) is 0 Å². The number of aromatic nitrogens is 2. The number of carbonyl (C=O) groups excluding carboxylic acids is 2. The van der Waals surface area contributed by atoms with Crippen LogP contribution in [0.4, 0.5) is 0 Å². The molecular formula is C25H29N3O3. The van der Waals surface area contributed by atoms with Gasteiger partial charge in [0.15, 0.2) is 5.78 Å². The fourth-order valence-electron chi connectivity index (χ4n) is 3.40. The summed E-state index contributed by atoms with van der Waals surface area (Å²) in [6.45, 7) is 7.04. The van der Waals surface area contributed by atoms with Crippen LogP contribution in [-0.2, 0) is 11.2 Å². The van der Waals surface area contributed by atoms with Gasteiger partial charge in [-0.25, -0.2) is 4.68 Å². The molecule has 0 bridgehead atoms. The highest BCUT2D eigenvalue weighted by atomic mass is 16.5. The zero-order valence-corrected chi connectivity index (χ0v) is 18.4. The molecule has 2 aromatic carbocycles. The molecule has 0 saturated heterocycles. The minimum atomic E-state index is -0.112. The molecule has 1 aromatic heterocycles. The summed E-state index contributed by atoms with van der Waals surface area (Å²) < 4.78 is 7.29. The SMILES string of the molecule is CCOc1ccc(C(=O)CCC(=O)NCCc2ccc(-n3nc(C)cc3C)cc2)cc1. The topological polar surface area (TPSA) is 73.2 Å². The summed E-state index contributed by atoms with van der Waals surface area (Å²) in [6, 6.07) is 17.2. The van der Waals surface area contributed by atoms with Crippen LogP contribution in [0.1, 0.15) is 47.1 Å². The van der Waals surface area contributed by atoms with Crippen molar-refractivity contribution in [2.24, 2.45) is 0 Å². The quantitative estimate of drug-likeness (QED) is 0.500. The molecule has 0 aliphatic carbocycles. The molecule has 1 heterocycles. The average Bonchev–Trinajstić information content (AvgIpc) is 3.11. The van der Waals surface area contributed by atoms with Crippen molar-refractivity contribution in [2.45, 2.75) is 40.0 Å². The molecule has 0 fully saturated rings. The number of ether oxygens (including phenoxy) is 1. The normalized spacial score (nSPS) is 10.7. The number of benzene rings is 2. The summed E-state index contributed by atoms with van der Waals surface area (Å²) in [5, 5.41) is 7.38. The van der Waals surface area contributed by atoms with Gasteiger partial charge in [0, 0.05) is 30.6 Å². The fraction of sp³-hybridized carbons (Fsp3) is 0.320. The van der Waals surface area contributed by atoms with Crippen molar-refractivity contribution in [3.63, 3.8) is 0 Å². The maximum atomic E-state index is 12.3. The van der Waals surface area contributed by atoms with E-state index in [9.17, 15) is 9.59 Å². The van der Waals surface area contributed by atoms with E-state index in [0.717, 1.165) is 34.8 Å². The highest BCUT2D eigenvalue weighted by molar-refractivity contribution is 5.98. The second-order valence-electron chi connectivity index (χ2n) is 7.49. The van der Waals surface area contributed by atoms with Crippen LogP contribution in [0, 0.1) is 13.8 Å². The number of nitrogens with one attached hydrogen (secondary N) is 1. The molecule has 0 atom stereocenters. The summed E-state index contributed by atoms with van der Waals surface area (Å²) >= 11 is 0. The Bertz CT molecular complexity index is 1020. The fourth-order valence-corrected chi connectivity index (χ4v) is 3.40. The van der Waals surface area contributed by atoms with Crippen molar-refractivity contribution >= 4 is 11.7 Å². The third-order valence-corrected chi connectivity index (χ3v) is 4.99. The summed E-state index contributed by atoms with van der Waals surface area (Å²) in [4.78, 5) is 24.4. The Hall–Kier alpha value is -3.41. The third kappa shape index (κ3) is 6.28.